The molecule has 0 unspecified atom stereocenters. The predicted molar refractivity (Wildman–Crippen MR) is 92.5 cm³/mol. The molecule has 23 heavy (non-hydrogen) atoms. The molecule has 2 aromatic rings. The Morgan fingerprint density at radius 3 is 2.30 bits per heavy atom. The minimum atomic E-state index is -0.180. The van der Waals surface area contributed by atoms with Crippen LogP contribution in [0.25, 0.3) is 0 Å². The van der Waals surface area contributed by atoms with Crippen molar-refractivity contribution in [2.75, 3.05) is 0 Å². The van der Waals surface area contributed by atoms with E-state index in [0.29, 0.717) is 13.1 Å². The highest BCUT2D eigenvalue weighted by Crippen LogP contribution is 2.14. The van der Waals surface area contributed by atoms with Gasteiger partial charge in [-0.2, -0.15) is 0 Å². The highest BCUT2D eigenvalue weighted by molar-refractivity contribution is 5.73. The lowest BCUT2D eigenvalue weighted by atomic mass is 10.1. The topological polar surface area (TPSA) is 50.4 Å². The second kappa shape index (κ2) is 8.22. The molecule has 0 aliphatic carbocycles. The fraction of sp³-hybridized carbons (Fsp3) is 0.316. The van der Waals surface area contributed by atoms with Gasteiger partial charge in [0.1, 0.15) is 5.75 Å². The highest BCUT2D eigenvalue weighted by atomic mass is 16.5. The van der Waals surface area contributed by atoms with Crippen LogP contribution < -0.4 is 15.4 Å². The Morgan fingerprint density at radius 2 is 1.65 bits per heavy atom. The summed E-state index contributed by atoms with van der Waals surface area (Å²) in [6.07, 6.45) is 0.135. The molecule has 0 heterocycles. The lowest BCUT2D eigenvalue weighted by Crippen LogP contribution is -2.34. The number of carbonyl (C=O) groups is 1. The van der Waals surface area contributed by atoms with Gasteiger partial charge in [0.05, 0.1) is 6.10 Å². The monoisotopic (exact) mass is 312 g/mol. The first kappa shape index (κ1) is 16.9. The van der Waals surface area contributed by atoms with Crippen molar-refractivity contribution in [3.63, 3.8) is 0 Å². The van der Waals surface area contributed by atoms with Gasteiger partial charge < -0.3 is 15.4 Å². The maximum absolute atomic E-state index is 11.9. The average molecular weight is 312 g/mol. The summed E-state index contributed by atoms with van der Waals surface area (Å²) in [5.41, 5.74) is 3.30. The van der Waals surface area contributed by atoms with Gasteiger partial charge in [-0.05, 0) is 44.0 Å². The Kier molecular flexibility index (Phi) is 6.03. The quantitative estimate of drug-likeness (QED) is 0.853. The average Bonchev–Trinajstić information content (AvgIpc) is 2.52. The number of ether oxygens (including phenoxy) is 1. The molecule has 2 N–H and O–H groups in total. The zero-order valence-electron chi connectivity index (χ0n) is 13.9. The summed E-state index contributed by atoms with van der Waals surface area (Å²) in [7, 11) is 0. The van der Waals surface area contributed by atoms with Gasteiger partial charge >= 0.3 is 6.03 Å². The van der Waals surface area contributed by atoms with Gasteiger partial charge in [-0.25, -0.2) is 4.79 Å². The summed E-state index contributed by atoms with van der Waals surface area (Å²) in [4.78, 5) is 11.9. The van der Waals surface area contributed by atoms with Crippen molar-refractivity contribution >= 4 is 6.03 Å². The zero-order valence-corrected chi connectivity index (χ0v) is 13.9. The van der Waals surface area contributed by atoms with Gasteiger partial charge in [-0.1, -0.05) is 42.0 Å². The minimum Gasteiger partial charge on any atom is -0.491 e. The van der Waals surface area contributed by atoms with E-state index in [1.54, 1.807) is 0 Å². The number of urea groups is 1. The van der Waals surface area contributed by atoms with E-state index in [1.165, 1.54) is 5.56 Å². The van der Waals surface area contributed by atoms with Gasteiger partial charge in [0.2, 0.25) is 0 Å². The Labute approximate surface area is 137 Å². The molecule has 0 aliphatic rings. The Morgan fingerprint density at radius 1 is 1.00 bits per heavy atom. The van der Waals surface area contributed by atoms with E-state index in [-0.39, 0.29) is 12.1 Å². The van der Waals surface area contributed by atoms with Gasteiger partial charge in [0.25, 0.3) is 0 Å². The molecule has 4 heteroatoms. The molecule has 0 spiro atoms. The number of benzene rings is 2. The lowest BCUT2D eigenvalue weighted by Gasteiger charge is -2.12. The van der Waals surface area contributed by atoms with Crippen LogP contribution in [0.5, 0.6) is 5.75 Å². The Balaban J connectivity index is 1.78. The number of aryl methyl sites for hydroxylation is 1. The fourth-order valence-electron chi connectivity index (χ4n) is 2.13. The number of rotatable bonds is 6. The SMILES string of the molecule is Cc1ccc(CNC(=O)NCc2cccc(OC(C)C)c2)cc1. The molecule has 0 saturated carbocycles. The first-order valence-electron chi connectivity index (χ1n) is 7.86. The maximum atomic E-state index is 11.9. The number of nitrogens with one attached hydrogen (secondary N) is 2. The molecule has 0 aliphatic heterocycles. The smallest absolute Gasteiger partial charge is 0.315 e. The second-order valence-corrected chi connectivity index (χ2v) is 5.84. The summed E-state index contributed by atoms with van der Waals surface area (Å²) in [5, 5.41) is 5.71. The normalized spacial score (nSPS) is 10.4. The molecule has 0 radical (unpaired) electrons. The molecular formula is C19H24N2O2. The molecule has 2 aromatic carbocycles. The highest BCUT2D eigenvalue weighted by Gasteiger charge is 2.03. The summed E-state index contributed by atoms with van der Waals surface area (Å²) < 4.78 is 5.65. The van der Waals surface area contributed by atoms with Crippen molar-refractivity contribution in [1.82, 2.24) is 10.6 Å². The van der Waals surface area contributed by atoms with Crippen molar-refractivity contribution in [2.45, 2.75) is 40.0 Å². The lowest BCUT2D eigenvalue weighted by molar-refractivity contribution is 0.239. The van der Waals surface area contributed by atoms with Crippen molar-refractivity contribution in [3.8, 4) is 5.75 Å². The maximum Gasteiger partial charge on any atom is 0.315 e. The number of hydrogen-bond acceptors (Lipinski definition) is 2. The largest absolute Gasteiger partial charge is 0.491 e. The fourth-order valence-corrected chi connectivity index (χ4v) is 2.13. The van der Waals surface area contributed by atoms with E-state index < -0.39 is 0 Å². The first-order chi connectivity index (χ1) is 11.0. The van der Waals surface area contributed by atoms with Crippen LogP contribution in [0.3, 0.4) is 0 Å². The van der Waals surface area contributed by atoms with Crippen LogP contribution in [0.2, 0.25) is 0 Å². The molecule has 0 bridgehead atoms. The Hall–Kier alpha value is -2.49. The summed E-state index contributed by atoms with van der Waals surface area (Å²) in [6.45, 7) is 7.01. The van der Waals surface area contributed by atoms with Crippen molar-refractivity contribution in [3.05, 3.63) is 65.2 Å². The predicted octanol–water partition coefficient (Wildman–Crippen LogP) is 3.78. The van der Waals surface area contributed by atoms with Crippen molar-refractivity contribution in [2.24, 2.45) is 0 Å². The number of carbonyl (C=O) groups excluding carboxylic acids is 1. The van der Waals surface area contributed by atoms with Gasteiger partial charge in [0.15, 0.2) is 0 Å². The van der Waals surface area contributed by atoms with Crippen LogP contribution in [0, 0.1) is 6.92 Å². The molecule has 2 rings (SSSR count). The van der Waals surface area contributed by atoms with E-state index in [1.807, 2.05) is 69.3 Å². The summed E-state index contributed by atoms with van der Waals surface area (Å²) >= 11 is 0. The molecule has 122 valence electrons. The molecule has 0 saturated heterocycles. The third-order valence-electron chi connectivity index (χ3n) is 3.30. The van der Waals surface area contributed by atoms with Crippen molar-refractivity contribution in [1.29, 1.82) is 0 Å². The van der Waals surface area contributed by atoms with Gasteiger partial charge in [-0.15, -0.1) is 0 Å². The molecule has 4 nitrogen and oxygen atoms in total. The van der Waals surface area contributed by atoms with Crippen molar-refractivity contribution < 1.29 is 9.53 Å². The standard InChI is InChI=1S/C19H24N2O2/c1-14(2)23-18-6-4-5-17(11-18)13-21-19(22)20-12-16-9-7-15(3)8-10-16/h4-11,14H,12-13H2,1-3H3,(H2,20,21,22). The minimum absolute atomic E-state index is 0.135. The summed E-state index contributed by atoms with van der Waals surface area (Å²) in [5.74, 6) is 0.819. The Bertz CT molecular complexity index is 636. The summed E-state index contributed by atoms with van der Waals surface area (Å²) in [6, 6.07) is 15.7. The van der Waals surface area contributed by atoms with Crippen LogP contribution in [-0.2, 0) is 13.1 Å². The van der Waals surface area contributed by atoms with Crippen LogP contribution in [-0.4, -0.2) is 12.1 Å². The van der Waals surface area contributed by atoms with Gasteiger partial charge in [-0.3, -0.25) is 0 Å². The van der Waals surface area contributed by atoms with Crippen LogP contribution >= 0.6 is 0 Å². The van der Waals surface area contributed by atoms with Crippen LogP contribution in [0.4, 0.5) is 4.79 Å². The van der Waals surface area contributed by atoms with E-state index in [4.69, 9.17) is 4.74 Å². The molecule has 0 atom stereocenters. The third kappa shape index (κ3) is 6.02. The van der Waals surface area contributed by atoms with Crippen LogP contribution in [0.1, 0.15) is 30.5 Å². The van der Waals surface area contributed by atoms with Gasteiger partial charge in [0, 0.05) is 13.1 Å². The molecule has 0 fully saturated rings. The van der Waals surface area contributed by atoms with E-state index >= 15 is 0 Å². The molecule has 2 amide bonds. The third-order valence-corrected chi connectivity index (χ3v) is 3.30. The van der Waals surface area contributed by atoms with E-state index in [2.05, 4.69) is 10.6 Å². The number of amides is 2. The number of hydrogen-bond donors (Lipinski definition) is 2. The second-order valence-electron chi connectivity index (χ2n) is 5.84. The molecule has 0 aromatic heterocycles. The molecular weight excluding hydrogens is 288 g/mol. The van der Waals surface area contributed by atoms with Crippen LogP contribution in [0.15, 0.2) is 48.5 Å². The first-order valence-corrected chi connectivity index (χ1v) is 7.86. The zero-order chi connectivity index (χ0) is 16.7. The van der Waals surface area contributed by atoms with E-state index in [9.17, 15) is 4.79 Å². The van der Waals surface area contributed by atoms with E-state index in [0.717, 1.165) is 16.9 Å².